The molecule has 1 fully saturated rings. The fourth-order valence-corrected chi connectivity index (χ4v) is 7.56. The highest BCUT2D eigenvalue weighted by molar-refractivity contribution is 7.09. The number of carbonyl (C=O) groups is 5. The Hall–Kier alpha value is -3.88. The molecule has 1 aromatic heterocycles. The number of benzene rings is 1. The van der Waals surface area contributed by atoms with Gasteiger partial charge in [0.05, 0.1) is 6.04 Å². The summed E-state index contributed by atoms with van der Waals surface area (Å²) < 4.78 is 5.61. The van der Waals surface area contributed by atoms with Crippen LogP contribution in [-0.2, 0) is 30.3 Å². The summed E-state index contributed by atoms with van der Waals surface area (Å²) in [7, 11) is 1.91. The number of hydrogen-bond acceptors (Lipinski definition) is 11. The molecule has 14 heteroatoms. The van der Waals surface area contributed by atoms with E-state index in [1.807, 2.05) is 46.6 Å². The number of rotatable bonds is 21. The van der Waals surface area contributed by atoms with Gasteiger partial charge in [0.2, 0.25) is 11.8 Å². The highest BCUT2D eigenvalue weighted by Crippen LogP contribution is 2.29. The molecule has 3 amide bonds. The zero-order chi connectivity index (χ0) is 39.9. The fourth-order valence-electron chi connectivity index (χ4n) is 6.77. The van der Waals surface area contributed by atoms with E-state index in [4.69, 9.17) is 4.74 Å². The molecular formula is C40H61N5O8S. The van der Waals surface area contributed by atoms with Crippen molar-refractivity contribution in [1.82, 2.24) is 25.4 Å². The summed E-state index contributed by atoms with van der Waals surface area (Å²) in [6.45, 7) is 11.8. The molecule has 0 aliphatic carbocycles. The lowest BCUT2D eigenvalue weighted by Crippen LogP contribution is -2.59. The highest BCUT2D eigenvalue weighted by atomic mass is 32.1. The third-order valence-electron chi connectivity index (χ3n) is 10.3. The first-order valence-electron chi connectivity index (χ1n) is 19.3. The van der Waals surface area contributed by atoms with E-state index >= 15 is 0 Å². The summed E-state index contributed by atoms with van der Waals surface area (Å²) in [6, 6.07) is 4.41. The van der Waals surface area contributed by atoms with Gasteiger partial charge in [-0.05, 0) is 75.2 Å². The number of hydrogen-bond donors (Lipinski definition) is 4. The van der Waals surface area contributed by atoms with Crippen molar-refractivity contribution in [2.24, 2.45) is 17.8 Å². The van der Waals surface area contributed by atoms with Gasteiger partial charge in [-0.15, -0.1) is 11.3 Å². The quantitative estimate of drug-likeness (QED) is 0.0767. The lowest BCUT2D eigenvalue weighted by Gasteiger charge is -2.39. The first-order chi connectivity index (χ1) is 25.7. The normalized spacial score (nSPS) is 18.1. The van der Waals surface area contributed by atoms with E-state index < -0.39 is 42.0 Å². The van der Waals surface area contributed by atoms with E-state index in [2.05, 4.69) is 15.6 Å². The summed E-state index contributed by atoms with van der Waals surface area (Å²) in [5.41, 5.74) is 0.986. The first-order valence-corrected chi connectivity index (χ1v) is 20.2. The smallest absolute Gasteiger partial charge is 0.307 e. The summed E-state index contributed by atoms with van der Waals surface area (Å²) in [6.07, 6.45) is 4.56. The third-order valence-corrected chi connectivity index (χ3v) is 11.2. The molecule has 1 aliphatic rings. The minimum Gasteiger partial charge on any atom is -0.508 e. The van der Waals surface area contributed by atoms with Crippen molar-refractivity contribution in [3.63, 3.8) is 0 Å². The Labute approximate surface area is 324 Å². The molecule has 7 atom stereocenters. The highest BCUT2D eigenvalue weighted by Gasteiger charge is 2.38. The van der Waals surface area contributed by atoms with Gasteiger partial charge in [0, 0.05) is 36.2 Å². The Morgan fingerprint density at radius 2 is 1.78 bits per heavy atom. The summed E-state index contributed by atoms with van der Waals surface area (Å²) in [5.74, 6) is -2.11. The van der Waals surface area contributed by atoms with Gasteiger partial charge in [0.1, 0.15) is 34.9 Å². The zero-order valence-electron chi connectivity index (χ0n) is 33.0. The molecule has 1 saturated heterocycles. The van der Waals surface area contributed by atoms with Crippen molar-refractivity contribution in [1.29, 1.82) is 0 Å². The molecule has 0 spiro atoms. The van der Waals surface area contributed by atoms with E-state index in [1.54, 1.807) is 36.6 Å². The minimum atomic E-state index is -1.17. The van der Waals surface area contributed by atoms with Crippen LogP contribution in [0.25, 0.3) is 0 Å². The number of aliphatic hydroxyl groups is 1. The molecule has 300 valence electrons. The molecule has 2 heterocycles. The van der Waals surface area contributed by atoms with E-state index in [0.717, 1.165) is 42.6 Å². The third kappa shape index (κ3) is 13.2. The number of likely N-dealkylation sites (N-methyl/N-ethyl adjacent to an activating group) is 1. The fraction of sp³-hybridized carbons (Fsp3) is 0.650. The van der Waals surface area contributed by atoms with Crippen LogP contribution >= 0.6 is 11.3 Å². The molecule has 54 heavy (non-hydrogen) atoms. The van der Waals surface area contributed by atoms with Crippen LogP contribution in [0.3, 0.4) is 0 Å². The van der Waals surface area contributed by atoms with Crippen molar-refractivity contribution in [3.8, 4) is 5.75 Å². The topological polar surface area (TPSA) is 178 Å². The molecule has 1 aromatic carbocycles. The Morgan fingerprint density at radius 1 is 1.07 bits per heavy atom. The predicted octanol–water partition coefficient (Wildman–Crippen LogP) is 5.01. The van der Waals surface area contributed by atoms with Crippen molar-refractivity contribution < 1.29 is 38.9 Å². The second-order valence-electron chi connectivity index (χ2n) is 15.1. The summed E-state index contributed by atoms with van der Waals surface area (Å²) >= 11 is 1.12. The van der Waals surface area contributed by atoms with E-state index in [0.29, 0.717) is 32.1 Å². The van der Waals surface area contributed by atoms with Gasteiger partial charge >= 0.3 is 5.97 Å². The SMILES string of the molecule is CCCC(=O)OCN(C(=O)[C@@H](NC(=O)[C@H]1CCCCN1C)C(C)CC)[C@H](C[C@@H](O)c1nc(C(=O)N[C@@H](Cc2ccc(O)cc2)C[C@H](C)C=O)cs1)C(C)C. The Morgan fingerprint density at radius 3 is 2.39 bits per heavy atom. The van der Waals surface area contributed by atoms with Crippen LogP contribution in [-0.4, -0.2) is 99.5 Å². The monoisotopic (exact) mass is 771 g/mol. The maximum Gasteiger partial charge on any atom is 0.307 e. The van der Waals surface area contributed by atoms with Gasteiger partial charge < -0.3 is 35.3 Å². The lowest BCUT2D eigenvalue weighted by atomic mass is 9.92. The number of aldehydes is 1. The maximum absolute atomic E-state index is 14.5. The average Bonchev–Trinajstić information content (AvgIpc) is 3.65. The van der Waals surface area contributed by atoms with Crippen molar-refractivity contribution in [2.75, 3.05) is 20.3 Å². The van der Waals surface area contributed by atoms with Gasteiger partial charge in [0.15, 0.2) is 6.73 Å². The Kier molecular flexibility index (Phi) is 18.0. The second kappa shape index (κ2) is 21.9. The number of likely N-dealkylation sites (tertiary alicyclic amines) is 1. The Bertz CT molecular complexity index is 1520. The average molecular weight is 772 g/mol. The molecule has 13 nitrogen and oxygen atoms in total. The van der Waals surface area contributed by atoms with E-state index in [9.17, 15) is 34.2 Å². The number of aromatic hydroxyl groups is 1. The van der Waals surface area contributed by atoms with Crippen LogP contribution in [0, 0.1) is 17.8 Å². The molecular weight excluding hydrogens is 711 g/mol. The second-order valence-corrected chi connectivity index (χ2v) is 16.0. The van der Waals surface area contributed by atoms with Gasteiger partial charge in [-0.1, -0.05) is 66.5 Å². The number of esters is 1. The molecule has 4 N–H and O–H groups in total. The molecule has 1 aliphatic heterocycles. The van der Waals surface area contributed by atoms with Gasteiger partial charge in [-0.3, -0.25) is 24.1 Å². The summed E-state index contributed by atoms with van der Waals surface area (Å²) in [4.78, 5) is 73.5. The molecule has 0 bridgehead atoms. The van der Waals surface area contributed by atoms with Crippen LogP contribution in [0.2, 0.25) is 0 Å². The molecule has 0 radical (unpaired) electrons. The Balaban J connectivity index is 1.84. The molecule has 0 saturated carbocycles. The molecule has 1 unspecified atom stereocenters. The number of amides is 3. The lowest BCUT2D eigenvalue weighted by molar-refractivity contribution is -0.159. The van der Waals surface area contributed by atoms with Crippen LogP contribution in [0.15, 0.2) is 29.6 Å². The van der Waals surface area contributed by atoms with Gasteiger partial charge in [-0.2, -0.15) is 0 Å². The van der Waals surface area contributed by atoms with Crippen molar-refractivity contribution in [2.45, 2.75) is 130 Å². The van der Waals surface area contributed by atoms with E-state index in [-0.39, 0.29) is 65.7 Å². The number of phenolic OH excluding ortho intramolecular Hbond substituents is 1. The number of piperidine rings is 1. The van der Waals surface area contributed by atoms with Crippen LogP contribution in [0.4, 0.5) is 0 Å². The number of nitrogens with one attached hydrogen (secondary N) is 2. The van der Waals surface area contributed by atoms with Gasteiger partial charge in [-0.25, -0.2) is 4.98 Å². The first kappa shape index (κ1) is 44.5. The number of phenols is 1. The maximum atomic E-state index is 14.5. The number of nitrogens with zero attached hydrogens (tertiary/aromatic N) is 3. The minimum absolute atomic E-state index is 0.0379. The standard InChI is InChI=1S/C40H61N5O8S/c1-8-12-35(49)53-24-45(40(52)36(27(6)9-2)43-38(51)32-13-10-11-18-44(32)7)33(25(3)4)21-34(48)39-42-31(23-54-39)37(50)41-29(19-26(5)22-46)20-28-14-16-30(47)17-15-28/h14-17,22-23,25-27,29,32-34,36,47-48H,8-13,18-21,24H2,1-7H3,(H,41,50)(H,43,51)/t26-,27?,29+,32+,33+,34+,36-/m0/s1. The van der Waals surface area contributed by atoms with Gasteiger partial charge in [0.25, 0.3) is 5.91 Å². The largest absolute Gasteiger partial charge is 0.508 e. The zero-order valence-corrected chi connectivity index (χ0v) is 33.8. The number of ether oxygens (including phenoxy) is 1. The van der Waals surface area contributed by atoms with Crippen LogP contribution in [0.1, 0.15) is 120 Å². The van der Waals surface area contributed by atoms with Crippen molar-refractivity contribution >= 4 is 41.3 Å². The number of carbonyl (C=O) groups excluding carboxylic acids is 5. The number of aromatic nitrogens is 1. The molecule has 2 aromatic rings. The van der Waals surface area contributed by atoms with Crippen molar-refractivity contribution in [3.05, 3.63) is 45.9 Å². The van der Waals surface area contributed by atoms with E-state index in [1.165, 1.54) is 4.90 Å². The predicted molar refractivity (Wildman–Crippen MR) is 208 cm³/mol. The number of aliphatic hydroxyl groups excluding tert-OH is 1. The van der Waals surface area contributed by atoms with Crippen LogP contribution in [0.5, 0.6) is 5.75 Å². The number of thiazole rings is 1. The molecule has 3 rings (SSSR count). The van der Waals surface area contributed by atoms with Crippen LogP contribution < -0.4 is 10.6 Å². The summed E-state index contributed by atoms with van der Waals surface area (Å²) in [5, 5.41) is 29.1.